The van der Waals surface area contributed by atoms with Gasteiger partial charge in [0.2, 0.25) is 0 Å². The number of ether oxygens (including phenoxy) is 1. The molecule has 0 radical (unpaired) electrons. The molecule has 0 bridgehead atoms. The van der Waals surface area contributed by atoms with Gasteiger partial charge in [-0.3, -0.25) is 0 Å². The largest absolute Gasteiger partial charge is 0.490 e. The van der Waals surface area contributed by atoms with Crippen LogP contribution in [0.1, 0.15) is 30.9 Å². The Balaban J connectivity index is 2.02. The molecule has 0 unspecified atom stereocenters. The Morgan fingerprint density at radius 1 is 1.40 bits per heavy atom. The number of hydrogen-bond acceptors (Lipinski definition) is 2. The third kappa shape index (κ3) is 2.32. The van der Waals surface area contributed by atoms with E-state index in [0.717, 1.165) is 25.0 Å². The minimum atomic E-state index is 0.340. The van der Waals surface area contributed by atoms with Crippen molar-refractivity contribution in [2.45, 2.75) is 45.3 Å². The molecule has 15 heavy (non-hydrogen) atoms. The molecule has 1 aliphatic rings. The molecule has 1 aromatic rings. The summed E-state index contributed by atoms with van der Waals surface area (Å²) in [5.74, 6) is 0.995. The Bertz CT molecular complexity index is 342. The first-order valence-electron chi connectivity index (χ1n) is 5.70. The minimum Gasteiger partial charge on any atom is -0.490 e. The van der Waals surface area contributed by atoms with Crippen LogP contribution in [-0.4, -0.2) is 12.1 Å². The summed E-state index contributed by atoms with van der Waals surface area (Å²) in [5.41, 5.74) is 8.44. The molecule has 0 aliphatic heterocycles. The van der Waals surface area contributed by atoms with Gasteiger partial charge < -0.3 is 10.5 Å². The third-order valence-corrected chi connectivity index (χ3v) is 3.14. The molecule has 2 nitrogen and oxygen atoms in total. The van der Waals surface area contributed by atoms with E-state index in [-0.39, 0.29) is 0 Å². The highest BCUT2D eigenvalue weighted by atomic mass is 16.5. The van der Waals surface area contributed by atoms with Crippen molar-refractivity contribution in [1.29, 1.82) is 0 Å². The average Bonchev–Trinajstić information content (AvgIpc) is 2.18. The predicted octanol–water partition coefficient (Wildman–Crippen LogP) is 2.43. The highest BCUT2D eigenvalue weighted by Crippen LogP contribution is 2.26. The Labute approximate surface area is 91.4 Å². The maximum Gasteiger partial charge on any atom is 0.120 e. The number of hydrogen-bond donors (Lipinski definition) is 1. The van der Waals surface area contributed by atoms with Gasteiger partial charge in [-0.05, 0) is 49.4 Å². The standard InChI is InChI=1S/C13H19NO/c1-3-10-6-12(5-4-9(10)2)15-13-7-11(14)8-13/h4-6,11,13H,3,7-8,14H2,1-2H3/t11-,13-. The zero-order valence-corrected chi connectivity index (χ0v) is 9.49. The summed E-state index contributed by atoms with van der Waals surface area (Å²) in [6.07, 6.45) is 3.39. The molecule has 0 spiro atoms. The highest BCUT2D eigenvalue weighted by molar-refractivity contribution is 5.35. The van der Waals surface area contributed by atoms with E-state index < -0.39 is 0 Å². The Morgan fingerprint density at radius 3 is 2.73 bits per heavy atom. The van der Waals surface area contributed by atoms with Crippen LogP contribution >= 0.6 is 0 Å². The second-order valence-electron chi connectivity index (χ2n) is 4.41. The van der Waals surface area contributed by atoms with Crippen molar-refractivity contribution in [3.8, 4) is 5.75 Å². The van der Waals surface area contributed by atoms with Gasteiger partial charge in [-0.15, -0.1) is 0 Å². The summed E-state index contributed by atoms with van der Waals surface area (Å²) >= 11 is 0. The van der Waals surface area contributed by atoms with E-state index in [1.165, 1.54) is 11.1 Å². The lowest BCUT2D eigenvalue weighted by Crippen LogP contribution is -2.43. The van der Waals surface area contributed by atoms with E-state index in [1.54, 1.807) is 0 Å². The van der Waals surface area contributed by atoms with Crippen molar-refractivity contribution < 1.29 is 4.74 Å². The lowest BCUT2D eigenvalue weighted by atomic mass is 9.90. The van der Waals surface area contributed by atoms with Gasteiger partial charge in [0.05, 0.1) is 0 Å². The summed E-state index contributed by atoms with van der Waals surface area (Å²) in [7, 11) is 0. The summed E-state index contributed by atoms with van der Waals surface area (Å²) in [4.78, 5) is 0. The van der Waals surface area contributed by atoms with E-state index >= 15 is 0 Å². The fraction of sp³-hybridized carbons (Fsp3) is 0.538. The Kier molecular flexibility index (Phi) is 2.96. The van der Waals surface area contributed by atoms with Gasteiger partial charge >= 0.3 is 0 Å². The van der Waals surface area contributed by atoms with Crippen molar-refractivity contribution in [2.24, 2.45) is 5.73 Å². The molecule has 0 saturated heterocycles. The quantitative estimate of drug-likeness (QED) is 0.822. The second-order valence-corrected chi connectivity index (χ2v) is 4.41. The molecule has 0 amide bonds. The Morgan fingerprint density at radius 2 is 2.13 bits per heavy atom. The molecule has 82 valence electrons. The highest BCUT2D eigenvalue weighted by Gasteiger charge is 2.27. The van der Waals surface area contributed by atoms with E-state index in [2.05, 4.69) is 32.0 Å². The van der Waals surface area contributed by atoms with Crippen molar-refractivity contribution in [3.63, 3.8) is 0 Å². The minimum absolute atomic E-state index is 0.340. The van der Waals surface area contributed by atoms with Crippen LogP contribution in [0.5, 0.6) is 5.75 Å². The summed E-state index contributed by atoms with van der Waals surface area (Å²) in [5, 5.41) is 0. The maximum atomic E-state index is 5.84. The summed E-state index contributed by atoms with van der Waals surface area (Å²) in [6, 6.07) is 6.69. The van der Waals surface area contributed by atoms with Crippen molar-refractivity contribution in [2.75, 3.05) is 0 Å². The van der Waals surface area contributed by atoms with Crippen LogP contribution in [-0.2, 0) is 6.42 Å². The first kappa shape index (κ1) is 10.5. The lowest BCUT2D eigenvalue weighted by molar-refractivity contribution is 0.101. The van der Waals surface area contributed by atoms with Crippen molar-refractivity contribution in [3.05, 3.63) is 29.3 Å². The predicted molar refractivity (Wildman–Crippen MR) is 62.2 cm³/mol. The molecule has 1 aliphatic carbocycles. The summed E-state index contributed by atoms with van der Waals surface area (Å²) < 4.78 is 5.84. The molecular formula is C13H19NO. The van der Waals surface area contributed by atoms with E-state index in [0.29, 0.717) is 12.1 Å². The van der Waals surface area contributed by atoms with Crippen LogP contribution in [0.2, 0.25) is 0 Å². The van der Waals surface area contributed by atoms with E-state index in [1.807, 2.05) is 0 Å². The molecule has 2 N–H and O–H groups in total. The van der Waals surface area contributed by atoms with Gasteiger partial charge in [-0.1, -0.05) is 13.0 Å². The van der Waals surface area contributed by atoms with Gasteiger partial charge in [0.1, 0.15) is 11.9 Å². The molecule has 1 aromatic carbocycles. The monoisotopic (exact) mass is 205 g/mol. The van der Waals surface area contributed by atoms with Crippen LogP contribution in [0.25, 0.3) is 0 Å². The molecule has 0 atom stereocenters. The van der Waals surface area contributed by atoms with Crippen LogP contribution in [0.15, 0.2) is 18.2 Å². The SMILES string of the molecule is CCc1cc(O[C@H]2C[C@H](N)C2)ccc1C. The van der Waals surface area contributed by atoms with Crippen LogP contribution in [0, 0.1) is 6.92 Å². The van der Waals surface area contributed by atoms with Gasteiger partial charge in [-0.25, -0.2) is 0 Å². The lowest BCUT2D eigenvalue weighted by Gasteiger charge is -2.32. The first-order chi connectivity index (χ1) is 7.19. The number of aryl methyl sites for hydroxylation is 2. The van der Waals surface area contributed by atoms with Gasteiger partial charge in [-0.2, -0.15) is 0 Å². The normalized spacial score (nSPS) is 24.7. The van der Waals surface area contributed by atoms with Gasteiger partial charge in [0.25, 0.3) is 0 Å². The zero-order chi connectivity index (χ0) is 10.8. The first-order valence-corrected chi connectivity index (χ1v) is 5.70. The number of benzene rings is 1. The van der Waals surface area contributed by atoms with E-state index in [9.17, 15) is 0 Å². The number of rotatable bonds is 3. The second kappa shape index (κ2) is 4.23. The molecule has 2 rings (SSSR count). The maximum absolute atomic E-state index is 5.84. The molecule has 1 fully saturated rings. The molecule has 0 aromatic heterocycles. The topological polar surface area (TPSA) is 35.2 Å². The van der Waals surface area contributed by atoms with Crippen molar-refractivity contribution in [1.82, 2.24) is 0 Å². The van der Waals surface area contributed by atoms with Gasteiger partial charge in [0.15, 0.2) is 0 Å². The zero-order valence-electron chi connectivity index (χ0n) is 9.49. The van der Waals surface area contributed by atoms with Crippen LogP contribution in [0.4, 0.5) is 0 Å². The molecule has 2 heteroatoms. The van der Waals surface area contributed by atoms with Crippen LogP contribution < -0.4 is 10.5 Å². The fourth-order valence-electron chi connectivity index (χ4n) is 2.00. The average molecular weight is 205 g/mol. The summed E-state index contributed by atoms with van der Waals surface area (Å²) in [6.45, 7) is 4.31. The van der Waals surface area contributed by atoms with E-state index in [4.69, 9.17) is 10.5 Å². The number of nitrogens with two attached hydrogens (primary N) is 1. The molecular weight excluding hydrogens is 186 g/mol. The fourth-order valence-corrected chi connectivity index (χ4v) is 2.00. The Hall–Kier alpha value is -1.02. The third-order valence-electron chi connectivity index (χ3n) is 3.14. The smallest absolute Gasteiger partial charge is 0.120 e. The van der Waals surface area contributed by atoms with Crippen LogP contribution in [0.3, 0.4) is 0 Å². The van der Waals surface area contributed by atoms with Gasteiger partial charge in [0, 0.05) is 6.04 Å². The molecule has 1 saturated carbocycles. The molecule has 0 heterocycles. The van der Waals surface area contributed by atoms with Crippen molar-refractivity contribution >= 4 is 0 Å².